The molecule has 2 aromatic carbocycles. The molecule has 0 radical (unpaired) electrons. The van der Waals surface area contributed by atoms with Crippen LogP contribution >= 0.6 is 11.6 Å². The fourth-order valence-electron chi connectivity index (χ4n) is 3.82. The average Bonchev–Trinajstić information content (AvgIpc) is 2.97. The number of sulfone groups is 1. The van der Waals surface area contributed by atoms with Crippen molar-refractivity contribution in [1.29, 1.82) is 0 Å². The van der Waals surface area contributed by atoms with Gasteiger partial charge in [-0.25, -0.2) is 12.8 Å². The molecule has 0 saturated heterocycles. The summed E-state index contributed by atoms with van der Waals surface area (Å²) >= 11 is 5.98. The molecule has 0 saturated carbocycles. The lowest BCUT2D eigenvalue weighted by Gasteiger charge is -2.16. The first-order chi connectivity index (χ1) is 12.5. The monoisotopic (exact) mass is 391 g/mol. The third-order valence-electron chi connectivity index (χ3n) is 5.11. The number of benzene rings is 2. The fraction of sp³-hybridized carbons (Fsp3) is 0.300. The van der Waals surface area contributed by atoms with Gasteiger partial charge in [-0.1, -0.05) is 23.7 Å². The van der Waals surface area contributed by atoms with Gasteiger partial charge in [0.05, 0.1) is 4.90 Å². The molecule has 26 heavy (non-hydrogen) atoms. The molecule has 0 aliphatic heterocycles. The number of alkyl halides is 1. The van der Waals surface area contributed by atoms with Crippen LogP contribution in [0.3, 0.4) is 0 Å². The van der Waals surface area contributed by atoms with Crippen LogP contribution in [-0.2, 0) is 29.2 Å². The first-order valence-corrected chi connectivity index (χ1v) is 10.7. The Morgan fingerprint density at radius 3 is 2.50 bits per heavy atom. The van der Waals surface area contributed by atoms with Gasteiger partial charge in [0.1, 0.15) is 0 Å². The zero-order valence-electron chi connectivity index (χ0n) is 14.2. The Bertz CT molecular complexity index is 1070. The molecule has 0 amide bonds. The van der Waals surface area contributed by atoms with Gasteiger partial charge in [0.25, 0.3) is 0 Å². The van der Waals surface area contributed by atoms with Crippen LogP contribution in [0.2, 0.25) is 5.02 Å². The van der Waals surface area contributed by atoms with Crippen molar-refractivity contribution < 1.29 is 12.8 Å². The van der Waals surface area contributed by atoms with Crippen molar-refractivity contribution in [2.75, 3.05) is 6.01 Å². The van der Waals surface area contributed by atoms with Crippen LogP contribution in [0.4, 0.5) is 4.39 Å². The molecule has 3 aromatic rings. The highest BCUT2D eigenvalue weighted by Crippen LogP contribution is 2.34. The van der Waals surface area contributed by atoms with Crippen LogP contribution in [0, 0.1) is 0 Å². The highest BCUT2D eigenvalue weighted by Gasteiger charge is 2.22. The Labute approximate surface area is 157 Å². The van der Waals surface area contributed by atoms with E-state index in [2.05, 4.69) is 4.57 Å². The molecule has 1 aliphatic rings. The van der Waals surface area contributed by atoms with Crippen molar-refractivity contribution in [1.82, 2.24) is 4.57 Å². The molecular formula is C20H19ClFNO2S. The predicted octanol–water partition coefficient (Wildman–Crippen LogP) is 4.92. The third-order valence-corrected chi connectivity index (χ3v) is 6.62. The van der Waals surface area contributed by atoms with Gasteiger partial charge in [0, 0.05) is 28.2 Å². The van der Waals surface area contributed by atoms with Gasteiger partial charge in [0.2, 0.25) is 9.84 Å². The highest BCUT2D eigenvalue weighted by atomic mass is 35.5. The van der Waals surface area contributed by atoms with Gasteiger partial charge >= 0.3 is 0 Å². The van der Waals surface area contributed by atoms with E-state index in [1.54, 1.807) is 6.07 Å². The maximum Gasteiger partial charge on any atom is 0.207 e. The first-order valence-electron chi connectivity index (χ1n) is 8.67. The molecule has 1 heterocycles. The number of aromatic nitrogens is 1. The molecule has 0 unspecified atom stereocenters. The third kappa shape index (κ3) is 3.03. The second-order valence-electron chi connectivity index (χ2n) is 6.75. The lowest BCUT2D eigenvalue weighted by Crippen LogP contribution is -2.09. The van der Waals surface area contributed by atoms with Crippen molar-refractivity contribution in [3.63, 3.8) is 0 Å². The Morgan fingerprint density at radius 1 is 1.04 bits per heavy atom. The van der Waals surface area contributed by atoms with E-state index in [1.807, 2.05) is 30.3 Å². The van der Waals surface area contributed by atoms with Crippen LogP contribution in [0.5, 0.6) is 0 Å². The van der Waals surface area contributed by atoms with Gasteiger partial charge in [-0.15, -0.1) is 0 Å². The summed E-state index contributed by atoms with van der Waals surface area (Å²) in [5.74, 6) is 0. The maximum atomic E-state index is 12.9. The molecule has 4 rings (SSSR count). The van der Waals surface area contributed by atoms with Crippen molar-refractivity contribution in [2.45, 2.75) is 37.1 Å². The summed E-state index contributed by atoms with van der Waals surface area (Å²) in [6, 6.07) is 11.4. The first kappa shape index (κ1) is 17.6. The van der Waals surface area contributed by atoms with E-state index in [9.17, 15) is 12.8 Å². The van der Waals surface area contributed by atoms with E-state index in [-0.39, 0.29) is 4.90 Å². The topological polar surface area (TPSA) is 39.1 Å². The van der Waals surface area contributed by atoms with E-state index in [0.717, 1.165) is 42.1 Å². The molecule has 0 atom stereocenters. The van der Waals surface area contributed by atoms with E-state index >= 15 is 0 Å². The smallest absolute Gasteiger partial charge is 0.207 e. The van der Waals surface area contributed by atoms with Crippen molar-refractivity contribution in [2.24, 2.45) is 0 Å². The molecule has 3 nitrogen and oxygen atoms in total. The molecule has 6 heteroatoms. The minimum absolute atomic E-state index is 0.0597. The number of aryl methyl sites for hydroxylation is 1. The van der Waals surface area contributed by atoms with Gasteiger partial charge in [-0.2, -0.15) is 0 Å². The molecule has 0 bridgehead atoms. The summed E-state index contributed by atoms with van der Waals surface area (Å²) in [5.41, 5.74) is 4.61. The van der Waals surface area contributed by atoms with Crippen LogP contribution in [-0.4, -0.2) is 19.0 Å². The van der Waals surface area contributed by atoms with Crippen LogP contribution < -0.4 is 0 Å². The summed E-state index contributed by atoms with van der Waals surface area (Å²) in [6.07, 6.45) is 4.12. The molecule has 0 spiro atoms. The number of nitrogens with zero attached hydrogens (tertiary/aromatic N) is 1. The van der Waals surface area contributed by atoms with Crippen LogP contribution in [0.25, 0.3) is 10.9 Å². The molecule has 0 fully saturated rings. The summed E-state index contributed by atoms with van der Waals surface area (Å²) in [4.78, 5) is 0.0597. The van der Waals surface area contributed by atoms with E-state index in [4.69, 9.17) is 11.6 Å². The van der Waals surface area contributed by atoms with E-state index in [1.165, 1.54) is 17.3 Å². The lowest BCUT2D eigenvalue weighted by molar-refractivity contribution is 0.534. The number of hydrogen-bond acceptors (Lipinski definition) is 2. The van der Waals surface area contributed by atoms with Crippen molar-refractivity contribution in [3.05, 3.63) is 64.3 Å². The summed E-state index contributed by atoms with van der Waals surface area (Å²) in [7, 11) is -3.86. The number of halogens is 2. The Kier molecular flexibility index (Phi) is 4.53. The van der Waals surface area contributed by atoms with Gasteiger partial charge in [-0.3, -0.25) is 0 Å². The molecule has 1 aromatic heterocycles. The molecular weight excluding hydrogens is 373 g/mol. The fourth-order valence-corrected chi connectivity index (χ4v) is 4.65. The van der Waals surface area contributed by atoms with E-state index < -0.39 is 15.8 Å². The lowest BCUT2D eigenvalue weighted by atomic mass is 9.95. The quantitative estimate of drug-likeness (QED) is 0.633. The SMILES string of the molecule is O=S(=O)(CF)c1ccc2c(c1)c1c(n2Cc2ccc(Cl)cc2)CCCC1. The minimum Gasteiger partial charge on any atom is -0.340 e. The predicted molar refractivity (Wildman–Crippen MR) is 102 cm³/mol. The normalized spacial score (nSPS) is 14.5. The molecule has 0 N–H and O–H groups in total. The van der Waals surface area contributed by atoms with Crippen LogP contribution in [0.1, 0.15) is 29.7 Å². The Hall–Kier alpha value is -1.85. The largest absolute Gasteiger partial charge is 0.340 e. The summed E-state index contributed by atoms with van der Waals surface area (Å²) in [6.45, 7) is 0.707. The van der Waals surface area contributed by atoms with Crippen LogP contribution in [0.15, 0.2) is 47.4 Å². The van der Waals surface area contributed by atoms with E-state index in [0.29, 0.717) is 11.6 Å². The number of fused-ring (bicyclic) bond motifs is 3. The number of hydrogen-bond donors (Lipinski definition) is 0. The average molecular weight is 392 g/mol. The molecule has 1 aliphatic carbocycles. The Balaban J connectivity index is 1.88. The summed E-state index contributed by atoms with van der Waals surface area (Å²) in [5, 5.41) is 1.64. The van der Waals surface area contributed by atoms with Gasteiger partial charge in [0.15, 0.2) is 6.01 Å². The van der Waals surface area contributed by atoms with Gasteiger partial charge < -0.3 is 4.57 Å². The zero-order valence-corrected chi connectivity index (χ0v) is 15.8. The second-order valence-corrected chi connectivity index (χ2v) is 9.10. The summed E-state index contributed by atoms with van der Waals surface area (Å²) < 4.78 is 39.1. The second kappa shape index (κ2) is 6.71. The standard InChI is InChI=1S/C20H19ClFNO2S/c21-15-7-5-14(6-8-15)12-23-19-4-2-1-3-17(19)18-11-16(9-10-20(18)23)26(24,25)13-22/h5-11H,1-4,12-13H2. The van der Waals surface area contributed by atoms with Gasteiger partial charge in [-0.05, 0) is 67.1 Å². The highest BCUT2D eigenvalue weighted by molar-refractivity contribution is 7.91. The Morgan fingerprint density at radius 2 is 1.77 bits per heavy atom. The molecule has 136 valence electrons. The number of rotatable bonds is 4. The van der Waals surface area contributed by atoms with Crippen molar-refractivity contribution >= 4 is 32.3 Å². The maximum absolute atomic E-state index is 12.9. The minimum atomic E-state index is -3.86. The zero-order chi connectivity index (χ0) is 18.3. The van der Waals surface area contributed by atoms with Crippen molar-refractivity contribution in [3.8, 4) is 0 Å².